The molecule has 0 spiro atoms. The highest BCUT2D eigenvalue weighted by molar-refractivity contribution is 5.62. The molecule has 3 heterocycles. The second kappa shape index (κ2) is 7.25. The number of anilines is 1. The Kier molecular flexibility index (Phi) is 4.67. The standard InChI is InChI=1S/C20H22FN5/c1-15-3-2-4-19(23-15)26-11-9-25(10-12-26)14-17-13-22-24-20(17)16-5-7-18(21)8-6-16/h2-8,13H,9-12,14H2,1H3,(H,22,24). The van der Waals surface area contributed by atoms with E-state index in [-0.39, 0.29) is 5.82 Å². The molecule has 0 bridgehead atoms. The zero-order valence-electron chi connectivity index (χ0n) is 14.8. The summed E-state index contributed by atoms with van der Waals surface area (Å²) in [4.78, 5) is 9.37. The molecule has 0 radical (unpaired) electrons. The molecule has 0 saturated carbocycles. The van der Waals surface area contributed by atoms with Gasteiger partial charge in [-0.25, -0.2) is 9.37 Å². The van der Waals surface area contributed by atoms with Crippen LogP contribution in [0.3, 0.4) is 0 Å². The second-order valence-corrected chi connectivity index (χ2v) is 6.68. The number of aryl methyl sites for hydroxylation is 1. The van der Waals surface area contributed by atoms with Crippen LogP contribution in [0.15, 0.2) is 48.7 Å². The Morgan fingerprint density at radius 1 is 1.04 bits per heavy atom. The maximum absolute atomic E-state index is 13.2. The first-order chi connectivity index (χ1) is 12.7. The third-order valence-corrected chi connectivity index (χ3v) is 4.81. The van der Waals surface area contributed by atoms with Gasteiger partial charge in [-0.05, 0) is 43.3 Å². The van der Waals surface area contributed by atoms with Crippen LogP contribution in [0.5, 0.6) is 0 Å². The summed E-state index contributed by atoms with van der Waals surface area (Å²) < 4.78 is 13.2. The molecule has 4 rings (SSSR count). The van der Waals surface area contributed by atoms with Crippen LogP contribution in [-0.2, 0) is 6.54 Å². The minimum absolute atomic E-state index is 0.226. The van der Waals surface area contributed by atoms with Crippen molar-refractivity contribution in [2.24, 2.45) is 0 Å². The number of halogens is 1. The number of nitrogens with zero attached hydrogens (tertiary/aromatic N) is 4. The van der Waals surface area contributed by atoms with Crippen molar-refractivity contribution < 1.29 is 4.39 Å². The van der Waals surface area contributed by atoms with E-state index < -0.39 is 0 Å². The number of aromatic amines is 1. The first-order valence-corrected chi connectivity index (χ1v) is 8.88. The highest BCUT2D eigenvalue weighted by atomic mass is 19.1. The summed E-state index contributed by atoms with van der Waals surface area (Å²) in [6.07, 6.45) is 1.87. The van der Waals surface area contributed by atoms with Crippen LogP contribution in [0.2, 0.25) is 0 Å². The minimum atomic E-state index is -0.226. The van der Waals surface area contributed by atoms with Crippen molar-refractivity contribution >= 4 is 5.82 Å². The van der Waals surface area contributed by atoms with E-state index >= 15 is 0 Å². The number of rotatable bonds is 4. The Morgan fingerprint density at radius 2 is 1.81 bits per heavy atom. The Labute approximate surface area is 152 Å². The predicted octanol–water partition coefficient (Wildman–Crippen LogP) is 3.24. The molecule has 1 aliphatic heterocycles. The van der Waals surface area contributed by atoms with E-state index in [0.29, 0.717) is 0 Å². The number of hydrogen-bond acceptors (Lipinski definition) is 4. The number of nitrogens with one attached hydrogen (secondary N) is 1. The normalized spacial score (nSPS) is 15.4. The lowest BCUT2D eigenvalue weighted by molar-refractivity contribution is 0.249. The molecular formula is C20H22FN5. The van der Waals surface area contributed by atoms with Crippen molar-refractivity contribution in [3.63, 3.8) is 0 Å². The minimum Gasteiger partial charge on any atom is -0.354 e. The molecule has 1 aliphatic rings. The summed E-state index contributed by atoms with van der Waals surface area (Å²) in [7, 11) is 0. The first-order valence-electron chi connectivity index (χ1n) is 8.88. The fourth-order valence-electron chi connectivity index (χ4n) is 3.38. The van der Waals surface area contributed by atoms with E-state index in [4.69, 9.17) is 0 Å². The molecule has 0 atom stereocenters. The summed E-state index contributed by atoms with van der Waals surface area (Å²) in [6, 6.07) is 12.7. The van der Waals surface area contributed by atoms with Gasteiger partial charge in [0.05, 0.1) is 11.9 Å². The van der Waals surface area contributed by atoms with E-state index in [9.17, 15) is 4.39 Å². The van der Waals surface area contributed by atoms with E-state index in [1.807, 2.05) is 19.2 Å². The molecule has 1 fully saturated rings. The van der Waals surface area contributed by atoms with Gasteiger partial charge < -0.3 is 4.90 Å². The third kappa shape index (κ3) is 3.60. The van der Waals surface area contributed by atoms with Gasteiger partial charge in [0.1, 0.15) is 11.6 Å². The van der Waals surface area contributed by atoms with Gasteiger partial charge in [0.15, 0.2) is 0 Å². The molecule has 5 nitrogen and oxygen atoms in total. The molecule has 3 aromatic rings. The van der Waals surface area contributed by atoms with Crippen molar-refractivity contribution in [2.45, 2.75) is 13.5 Å². The lowest BCUT2D eigenvalue weighted by Crippen LogP contribution is -2.46. The lowest BCUT2D eigenvalue weighted by Gasteiger charge is -2.35. The smallest absolute Gasteiger partial charge is 0.128 e. The Balaban J connectivity index is 1.41. The Hall–Kier alpha value is -2.73. The van der Waals surface area contributed by atoms with Gasteiger partial charge in [-0.15, -0.1) is 0 Å². The van der Waals surface area contributed by atoms with Crippen LogP contribution in [0, 0.1) is 12.7 Å². The Morgan fingerprint density at radius 3 is 2.54 bits per heavy atom. The van der Waals surface area contributed by atoms with Crippen LogP contribution in [0.1, 0.15) is 11.3 Å². The zero-order valence-corrected chi connectivity index (χ0v) is 14.8. The van der Waals surface area contributed by atoms with Crippen molar-refractivity contribution in [1.29, 1.82) is 0 Å². The monoisotopic (exact) mass is 351 g/mol. The molecule has 0 unspecified atom stereocenters. The fourth-order valence-corrected chi connectivity index (χ4v) is 3.38. The molecule has 2 aromatic heterocycles. The van der Waals surface area contributed by atoms with Crippen LogP contribution in [-0.4, -0.2) is 46.3 Å². The summed E-state index contributed by atoms with van der Waals surface area (Å²) in [6.45, 7) is 6.72. The molecule has 134 valence electrons. The zero-order chi connectivity index (χ0) is 17.9. The number of hydrogen-bond donors (Lipinski definition) is 1. The second-order valence-electron chi connectivity index (χ2n) is 6.68. The molecule has 1 N–H and O–H groups in total. The van der Waals surface area contributed by atoms with Gasteiger partial charge in [-0.2, -0.15) is 5.10 Å². The summed E-state index contributed by atoms with van der Waals surface area (Å²) in [5.74, 6) is 0.829. The highest BCUT2D eigenvalue weighted by Gasteiger charge is 2.20. The van der Waals surface area contributed by atoms with Gasteiger partial charge in [-0.1, -0.05) is 6.07 Å². The summed E-state index contributed by atoms with van der Waals surface area (Å²) in [5, 5.41) is 7.25. The van der Waals surface area contributed by atoms with Gasteiger partial charge in [0.25, 0.3) is 0 Å². The van der Waals surface area contributed by atoms with E-state index in [2.05, 4.69) is 37.1 Å². The van der Waals surface area contributed by atoms with Crippen LogP contribution >= 0.6 is 0 Å². The van der Waals surface area contributed by atoms with Gasteiger partial charge in [-0.3, -0.25) is 10.00 Å². The van der Waals surface area contributed by atoms with Crippen LogP contribution in [0.25, 0.3) is 11.3 Å². The van der Waals surface area contributed by atoms with Crippen LogP contribution < -0.4 is 4.90 Å². The van der Waals surface area contributed by atoms with E-state index in [0.717, 1.165) is 61.1 Å². The molecule has 6 heteroatoms. The number of aromatic nitrogens is 3. The molecule has 0 aliphatic carbocycles. The average Bonchev–Trinajstić information content (AvgIpc) is 3.11. The lowest BCUT2D eigenvalue weighted by atomic mass is 10.1. The van der Waals surface area contributed by atoms with Crippen LogP contribution in [0.4, 0.5) is 10.2 Å². The van der Waals surface area contributed by atoms with Gasteiger partial charge in [0.2, 0.25) is 0 Å². The molecule has 0 amide bonds. The highest BCUT2D eigenvalue weighted by Crippen LogP contribution is 2.23. The fraction of sp³-hybridized carbons (Fsp3) is 0.300. The largest absolute Gasteiger partial charge is 0.354 e. The maximum atomic E-state index is 13.2. The molecule has 1 aromatic carbocycles. The van der Waals surface area contributed by atoms with Crippen molar-refractivity contribution in [3.8, 4) is 11.3 Å². The van der Waals surface area contributed by atoms with Crippen molar-refractivity contribution in [1.82, 2.24) is 20.1 Å². The van der Waals surface area contributed by atoms with Gasteiger partial charge >= 0.3 is 0 Å². The predicted molar refractivity (Wildman–Crippen MR) is 100 cm³/mol. The molecule has 1 saturated heterocycles. The Bertz CT molecular complexity index is 866. The van der Waals surface area contributed by atoms with Crippen molar-refractivity contribution in [3.05, 3.63) is 65.7 Å². The summed E-state index contributed by atoms with van der Waals surface area (Å²) in [5.41, 5.74) is 4.11. The molecular weight excluding hydrogens is 329 g/mol. The van der Waals surface area contributed by atoms with E-state index in [1.54, 1.807) is 12.1 Å². The van der Waals surface area contributed by atoms with Gasteiger partial charge in [0, 0.05) is 49.5 Å². The summed E-state index contributed by atoms with van der Waals surface area (Å²) >= 11 is 0. The topological polar surface area (TPSA) is 48.0 Å². The maximum Gasteiger partial charge on any atom is 0.128 e. The number of H-pyrrole nitrogens is 1. The third-order valence-electron chi connectivity index (χ3n) is 4.81. The number of pyridine rings is 1. The quantitative estimate of drug-likeness (QED) is 0.784. The van der Waals surface area contributed by atoms with E-state index in [1.165, 1.54) is 12.1 Å². The molecule has 26 heavy (non-hydrogen) atoms. The number of benzene rings is 1. The average molecular weight is 351 g/mol. The van der Waals surface area contributed by atoms with Crippen molar-refractivity contribution in [2.75, 3.05) is 31.1 Å². The first kappa shape index (κ1) is 16.7. The number of piperazine rings is 1. The SMILES string of the molecule is Cc1cccc(N2CCN(Cc3cn[nH]c3-c3ccc(F)cc3)CC2)n1.